The third-order valence-electron chi connectivity index (χ3n) is 6.36. The van der Waals surface area contributed by atoms with Gasteiger partial charge in [0.25, 0.3) is 5.91 Å². The summed E-state index contributed by atoms with van der Waals surface area (Å²) >= 11 is 0. The van der Waals surface area contributed by atoms with Crippen molar-refractivity contribution in [2.24, 2.45) is 0 Å². The SMILES string of the molecule is COc1ccc(C(=O)Nc2ccc3[nH]c(C)c([C@@H](Nc4ccccc4C)c4ccccn4)c3c2)cc1. The van der Waals surface area contributed by atoms with E-state index in [9.17, 15) is 4.79 Å². The molecule has 1 atom stereocenters. The van der Waals surface area contributed by atoms with Crippen LogP contribution in [0.3, 0.4) is 0 Å². The number of hydrogen-bond donors (Lipinski definition) is 3. The maximum absolute atomic E-state index is 12.9. The molecule has 0 saturated heterocycles. The molecule has 5 rings (SSSR count). The zero-order chi connectivity index (χ0) is 25.1. The highest BCUT2D eigenvalue weighted by molar-refractivity contribution is 6.05. The predicted octanol–water partition coefficient (Wildman–Crippen LogP) is 6.64. The lowest BCUT2D eigenvalue weighted by Crippen LogP contribution is -2.15. The van der Waals surface area contributed by atoms with E-state index in [-0.39, 0.29) is 11.9 Å². The predicted molar refractivity (Wildman–Crippen MR) is 145 cm³/mol. The second-order valence-electron chi connectivity index (χ2n) is 8.75. The van der Waals surface area contributed by atoms with Crippen LogP contribution in [0.1, 0.15) is 38.9 Å². The smallest absolute Gasteiger partial charge is 0.255 e. The molecule has 0 unspecified atom stereocenters. The highest BCUT2D eigenvalue weighted by atomic mass is 16.5. The number of pyridine rings is 1. The van der Waals surface area contributed by atoms with E-state index in [4.69, 9.17) is 4.74 Å². The van der Waals surface area contributed by atoms with Crippen LogP contribution in [0, 0.1) is 13.8 Å². The van der Waals surface area contributed by atoms with E-state index < -0.39 is 0 Å². The number of amides is 1. The van der Waals surface area contributed by atoms with Gasteiger partial charge < -0.3 is 20.4 Å². The van der Waals surface area contributed by atoms with Crippen LogP contribution in [0.2, 0.25) is 0 Å². The molecule has 0 bridgehead atoms. The minimum Gasteiger partial charge on any atom is -0.497 e. The van der Waals surface area contributed by atoms with Crippen LogP contribution >= 0.6 is 0 Å². The zero-order valence-electron chi connectivity index (χ0n) is 20.5. The largest absolute Gasteiger partial charge is 0.497 e. The first-order chi connectivity index (χ1) is 17.5. The Morgan fingerprint density at radius 1 is 0.944 bits per heavy atom. The number of benzene rings is 3. The number of H-pyrrole nitrogens is 1. The van der Waals surface area contributed by atoms with Crippen LogP contribution in [-0.4, -0.2) is 23.0 Å². The van der Waals surface area contributed by atoms with Crippen LogP contribution < -0.4 is 15.4 Å². The topological polar surface area (TPSA) is 79.0 Å². The lowest BCUT2D eigenvalue weighted by atomic mass is 9.98. The van der Waals surface area contributed by atoms with Crippen molar-refractivity contribution in [1.82, 2.24) is 9.97 Å². The standard InChI is InChI=1S/C30H28N4O2/c1-19-8-4-5-9-25(19)34-29(27-10-6-7-17-31-27)28-20(2)32-26-16-13-22(18-24(26)28)33-30(35)21-11-14-23(36-3)15-12-21/h4-18,29,32,34H,1-3H3,(H,33,35)/t29-/m0/s1. The van der Waals surface area contributed by atoms with Gasteiger partial charge >= 0.3 is 0 Å². The molecule has 2 heterocycles. The van der Waals surface area contributed by atoms with Gasteiger partial charge in [0.2, 0.25) is 0 Å². The van der Waals surface area contributed by atoms with Crippen LogP contribution in [0.25, 0.3) is 10.9 Å². The number of nitrogens with one attached hydrogen (secondary N) is 3. The van der Waals surface area contributed by atoms with Gasteiger partial charge in [0.05, 0.1) is 18.8 Å². The molecule has 6 heteroatoms. The lowest BCUT2D eigenvalue weighted by molar-refractivity contribution is 0.102. The molecule has 2 aromatic heterocycles. The van der Waals surface area contributed by atoms with Gasteiger partial charge in [-0.3, -0.25) is 9.78 Å². The van der Waals surface area contributed by atoms with E-state index in [2.05, 4.69) is 46.6 Å². The highest BCUT2D eigenvalue weighted by Gasteiger charge is 2.23. The first-order valence-electron chi connectivity index (χ1n) is 11.8. The van der Waals surface area contributed by atoms with Gasteiger partial charge in [0, 0.05) is 45.3 Å². The number of para-hydroxylation sites is 1. The number of aryl methyl sites for hydroxylation is 2. The zero-order valence-corrected chi connectivity index (χ0v) is 20.5. The van der Waals surface area contributed by atoms with Crippen molar-refractivity contribution in [3.05, 3.63) is 119 Å². The van der Waals surface area contributed by atoms with E-state index in [1.165, 1.54) is 0 Å². The summed E-state index contributed by atoms with van der Waals surface area (Å²) in [6.07, 6.45) is 1.81. The van der Waals surface area contributed by atoms with Crippen LogP contribution in [0.4, 0.5) is 11.4 Å². The number of methoxy groups -OCH3 is 1. The molecule has 3 aromatic carbocycles. The average molecular weight is 477 g/mol. The number of carbonyl (C=O) groups excluding carboxylic acids is 1. The first kappa shape index (κ1) is 23.2. The summed E-state index contributed by atoms with van der Waals surface area (Å²) in [5.41, 5.74) is 7.53. The summed E-state index contributed by atoms with van der Waals surface area (Å²) in [6, 6.07) is 27.0. The Morgan fingerprint density at radius 2 is 1.72 bits per heavy atom. The van der Waals surface area contributed by atoms with Crippen molar-refractivity contribution in [1.29, 1.82) is 0 Å². The maximum atomic E-state index is 12.9. The number of aromatic amines is 1. The minimum absolute atomic E-state index is 0.176. The van der Waals surface area contributed by atoms with Crippen molar-refractivity contribution < 1.29 is 9.53 Å². The number of carbonyl (C=O) groups is 1. The average Bonchev–Trinajstić information content (AvgIpc) is 3.23. The third-order valence-corrected chi connectivity index (χ3v) is 6.36. The maximum Gasteiger partial charge on any atom is 0.255 e. The quantitative estimate of drug-likeness (QED) is 0.246. The molecule has 6 nitrogen and oxygen atoms in total. The van der Waals surface area contributed by atoms with Crippen LogP contribution in [0.15, 0.2) is 91.1 Å². The number of rotatable bonds is 7. The second-order valence-corrected chi connectivity index (χ2v) is 8.75. The van der Waals surface area contributed by atoms with Gasteiger partial charge in [-0.2, -0.15) is 0 Å². The highest BCUT2D eigenvalue weighted by Crippen LogP contribution is 2.35. The minimum atomic E-state index is -0.186. The summed E-state index contributed by atoms with van der Waals surface area (Å²) in [5, 5.41) is 7.77. The van der Waals surface area contributed by atoms with Crippen molar-refractivity contribution >= 4 is 28.2 Å². The van der Waals surface area contributed by atoms with Crippen molar-refractivity contribution in [3.8, 4) is 5.75 Å². The monoisotopic (exact) mass is 476 g/mol. The molecule has 180 valence electrons. The van der Waals surface area contributed by atoms with E-state index in [1.54, 1.807) is 31.4 Å². The van der Waals surface area contributed by atoms with Gasteiger partial charge in [0.15, 0.2) is 0 Å². The molecule has 1 amide bonds. The Hall–Kier alpha value is -4.58. The fourth-order valence-corrected chi connectivity index (χ4v) is 4.47. The summed E-state index contributed by atoms with van der Waals surface area (Å²) in [7, 11) is 1.60. The Kier molecular flexibility index (Phi) is 6.41. The Morgan fingerprint density at radius 3 is 2.44 bits per heavy atom. The third kappa shape index (κ3) is 4.66. The van der Waals surface area contributed by atoms with Gasteiger partial charge in [-0.05, 0) is 80.1 Å². The summed E-state index contributed by atoms with van der Waals surface area (Å²) in [6.45, 7) is 4.16. The number of nitrogens with zero attached hydrogens (tertiary/aromatic N) is 1. The molecule has 3 N–H and O–H groups in total. The summed E-state index contributed by atoms with van der Waals surface area (Å²) in [5.74, 6) is 0.534. The van der Waals surface area contributed by atoms with Crippen molar-refractivity contribution in [2.45, 2.75) is 19.9 Å². The van der Waals surface area contributed by atoms with Gasteiger partial charge in [-0.1, -0.05) is 24.3 Å². The van der Waals surface area contributed by atoms with Gasteiger partial charge in [-0.15, -0.1) is 0 Å². The molecule has 0 aliphatic carbocycles. The Balaban J connectivity index is 1.54. The Bertz CT molecular complexity index is 1510. The summed E-state index contributed by atoms with van der Waals surface area (Å²) < 4.78 is 5.19. The number of aromatic nitrogens is 2. The normalized spacial score (nSPS) is 11.8. The molecular formula is C30H28N4O2. The van der Waals surface area contributed by atoms with Gasteiger partial charge in [-0.25, -0.2) is 0 Å². The lowest BCUT2D eigenvalue weighted by Gasteiger charge is -2.22. The van der Waals surface area contributed by atoms with Crippen LogP contribution in [-0.2, 0) is 0 Å². The molecule has 0 saturated carbocycles. The fraction of sp³-hybridized carbons (Fsp3) is 0.133. The Labute approximate surface area is 210 Å². The van der Waals surface area contributed by atoms with E-state index in [0.29, 0.717) is 11.3 Å². The molecule has 0 aliphatic rings. The van der Waals surface area contributed by atoms with Gasteiger partial charge in [0.1, 0.15) is 5.75 Å². The van der Waals surface area contributed by atoms with E-state index >= 15 is 0 Å². The van der Waals surface area contributed by atoms with Crippen molar-refractivity contribution in [2.75, 3.05) is 17.7 Å². The molecule has 0 fully saturated rings. The molecule has 5 aromatic rings. The number of anilines is 2. The molecule has 0 spiro atoms. The van der Waals surface area contributed by atoms with Crippen molar-refractivity contribution in [3.63, 3.8) is 0 Å². The van der Waals surface area contributed by atoms with E-state index in [1.807, 2.05) is 54.7 Å². The molecule has 0 aliphatic heterocycles. The first-order valence-corrected chi connectivity index (χ1v) is 11.8. The number of fused-ring (bicyclic) bond motifs is 1. The molecule has 0 radical (unpaired) electrons. The number of hydrogen-bond acceptors (Lipinski definition) is 4. The summed E-state index contributed by atoms with van der Waals surface area (Å²) in [4.78, 5) is 21.1. The fourth-order valence-electron chi connectivity index (χ4n) is 4.47. The number of ether oxygens (including phenoxy) is 1. The second kappa shape index (κ2) is 9.96. The molecular weight excluding hydrogens is 448 g/mol. The van der Waals surface area contributed by atoms with E-state index in [0.717, 1.165) is 44.8 Å². The van der Waals surface area contributed by atoms with Crippen LogP contribution in [0.5, 0.6) is 5.75 Å². The molecule has 36 heavy (non-hydrogen) atoms.